The number of hydrogen-bond acceptors (Lipinski definition) is 5. The predicted molar refractivity (Wildman–Crippen MR) is 90.3 cm³/mol. The number of fused-ring (bicyclic) bond motifs is 1. The first-order chi connectivity index (χ1) is 11.2. The van der Waals surface area contributed by atoms with Crippen molar-refractivity contribution >= 4 is 22.6 Å². The van der Waals surface area contributed by atoms with Gasteiger partial charge in [-0.05, 0) is 13.8 Å². The van der Waals surface area contributed by atoms with E-state index < -0.39 is 0 Å². The Hall–Kier alpha value is -2.43. The highest BCUT2D eigenvalue weighted by Gasteiger charge is 2.24. The van der Waals surface area contributed by atoms with E-state index >= 15 is 0 Å². The van der Waals surface area contributed by atoms with E-state index in [4.69, 9.17) is 4.74 Å². The number of benzene rings is 1. The van der Waals surface area contributed by atoms with Crippen molar-refractivity contribution in [3.63, 3.8) is 0 Å². The first-order valence-corrected chi connectivity index (χ1v) is 7.98. The summed E-state index contributed by atoms with van der Waals surface area (Å²) in [6, 6.07) is 8.13. The number of piperidine rings is 1. The highest BCUT2D eigenvalue weighted by atomic mass is 16.5. The van der Waals surface area contributed by atoms with E-state index in [1.54, 1.807) is 19.2 Å². The van der Waals surface area contributed by atoms with E-state index in [0.717, 1.165) is 42.5 Å². The van der Waals surface area contributed by atoms with Crippen molar-refractivity contribution in [2.24, 2.45) is 0 Å². The first-order valence-electron chi connectivity index (χ1n) is 7.98. The summed E-state index contributed by atoms with van der Waals surface area (Å²) in [6.45, 7) is 5.26. The third kappa shape index (κ3) is 3.33. The lowest BCUT2D eigenvalue weighted by Gasteiger charge is -2.32. The Morgan fingerprint density at radius 3 is 2.78 bits per heavy atom. The summed E-state index contributed by atoms with van der Waals surface area (Å²) in [5.74, 6) is 0.702. The second-order valence-electron chi connectivity index (χ2n) is 5.82. The maximum absolute atomic E-state index is 11.8. The molecule has 0 spiro atoms. The van der Waals surface area contributed by atoms with Gasteiger partial charge in [0, 0.05) is 42.3 Å². The largest absolute Gasteiger partial charge is 0.459 e. The number of anilines is 1. The number of aromatic nitrogens is 2. The molecule has 1 aromatic carbocycles. The highest BCUT2D eigenvalue weighted by molar-refractivity contribution is 5.91. The lowest BCUT2D eigenvalue weighted by Crippen LogP contribution is -2.38. The molecule has 2 aromatic rings. The van der Waals surface area contributed by atoms with Crippen molar-refractivity contribution in [3.8, 4) is 0 Å². The number of ether oxygens (including phenoxy) is 1. The Balaban J connectivity index is 1.68. The molecule has 0 unspecified atom stereocenters. The Morgan fingerprint density at radius 2 is 2.04 bits per heavy atom. The Morgan fingerprint density at radius 1 is 1.30 bits per heavy atom. The summed E-state index contributed by atoms with van der Waals surface area (Å²) in [7, 11) is 0. The van der Waals surface area contributed by atoms with Crippen LogP contribution in [0.4, 0.5) is 5.82 Å². The minimum atomic E-state index is -0.212. The molecule has 5 heteroatoms. The number of hydrogen-bond donors (Lipinski definition) is 0. The van der Waals surface area contributed by atoms with Crippen LogP contribution < -0.4 is 4.90 Å². The third-order valence-electron chi connectivity index (χ3n) is 4.32. The fraction of sp³-hybridized carbons (Fsp3) is 0.389. The molecule has 5 nitrogen and oxygen atoms in total. The molecule has 1 saturated heterocycles. The van der Waals surface area contributed by atoms with Crippen LogP contribution in [0.25, 0.3) is 10.8 Å². The summed E-state index contributed by atoms with van der Waals surface area (Å²) >= 11 is 0. The molecule has 0 N–H and O–H groups in total. The first kappa shape index (κ1) is 15.5. The molecule has 1 aliphatic rings. The van der Waals surface area contributed by atoms with E-state index in [1.807, 2.05) is 25.1 Å². The summed E-state index contributed by atoms with van der Waals surface area (Å²) in [4.78, 5) is 14.1. The van der Waals surface area contributed by atoms with Gasteiger partial charge < -0.3 is 9.64 Å². The van der Waals surface area contributed by atoms with Crippen LogP contribution in [0.1, 0.15) is 26.7 Å². The number of carbonyl (C=O) groups excluding carboxylic acids is 1. The maximum Gasteiger partial charge on any atom is 0.333 e. The van der Waals surface area contributed by atoms with Crippen molar-refractivity contribution in [1.82, 2.24) is 10.2 Å². The molecule has 120 valence electrons. The van der Waals surface area contributed by atoms with E-state index in [0.29, 0.717) is 5.57 Å². The zero-order chi connectivity index (χ0) is 16.2. The van der Waals surface area contributed by atoms with E-state index in [-0.39, 0.29) is 12.1 Å². The van der Waals surface area contributed by atoms with Gasteiger partial charge in [-0.3, -0.25) is 0 Å². The average molecular weight is 311 g/mol. The van der Waals surface area contributed by atoms with Gasteiger partial charge in [0.2, 0.25) is 0 Å². The third-order valence-corrected chi connectivity index (χ3v) is 4.32. The molecule has 0 bridgehead atoms. The zero-order valence-corrected chi connectivity index (χ0v) is 13.5. The lowest BCUT2D eigenvalue weighted by molar-refractivity contribution is -0.145. The summed E-state index contributed by atoms with van der Waals surface area (Å²) in [5.41, 5.74) is 0.660. The van der Waals surface area contributed by atoms with Gasteiger partial charge in [0.05, 0.1) is 6.20 Å². The SMILES string of the molecule is CC=C(C)C(=O)OC1CCN(c2nncc3ccccc23)CC1. The minimum absolute atomic E-state index is 0.0171. The lowest BCUT2D eigenvalue weighted by atomic mass is 10.1. The number of carbonyl (C=O) groups is 1. The van der Waals surface area contributed by atoms with Crippen molar-refractivity contribution in [3.05, 3.63) is 42.1 Å². The summed E-state index contributed by atoms with van der Waals surface area (Å²) < 4.78 is 5.55. The van der Waals surface area contributed by atoms with Crippen molar-refractivity contribution in [2.45, 2.75) is 32.8 Å². The fourth-order valence-electron chi connectivity index (χ4n) is 2.79. The van der Waals surface area contributed by atoms with Gasteiger partial charge in [-0.15, -0.1) is 5.10 Å². The minimum Gasteiger partial charge on any atom is -0.459 e. The average Bonchev–Trinajstić information content (AvgIpc) is 2.61. The van der Waals surface area contributed by atoms with Crippen LogP contribution >= 0.6 is 0 Å². The number of esters is 1. The number of nitrogens with zero attached hydrogens (tertiary/aromatic N) is 3. The number of rotatable bonds is 3. The van der Waals surface area contributed by atoms with Gasteiger partial charge in [0.1, 0.15) is 6.10 Å². The number of allylic oxidation sites excluding steroid dienone is 1. The fourth-order valence-corrected chi connectivity index (χ4v) is 2.79. The van der Waals surface area contributed by atoms with Crippen LogP contribution in [0.3, 0.4) is 0 Å². The van der Waals surface area contributed by atoms with E-state index in [9.17, 15) is 4.79 Å². The highest BCUT2D eigenvalue weighted by Crippen LogP contribution is 2.26. The Bertz CT molecular complexity index is 729. The second-order valence-corrected chi connectivity index (χ2v) is 5.82. The topological polar surface area (TPSA) is 55.3 Å². The smallest absolute Gasteiger partial charge is 0.333 e. The molecular weight excluding hydrogens is 290 g/mol. The normalized spacial score (nSPS) is 16.6. The van der Waals surface area contributed by atoms with Crippen LogP contribution in [0.15, 0.2) is 42.1 Å². The van der Waals surface area contributed by atoms with Gasteiger partial charge in [-0.1, -0.05) is 30.3 Å². The van der Waals surface area contributed by atoms with Crippen LogP contribution in [0, 0.1) is 0 Å². The van der Waals surface area contributed by atoms with Gasteiger partial charge in [0.25, 0.3) is 0 Å². The van der Waals surface area contributed by atoms with Crippen molar-refractivity contribution in [2.75, 3.05) is 18.0 Å². The van der Waals surface area contributed by atoms with Gasteiger partial charge in [0.15, 0.2) is 5.82 Å². The Kier molecular flexibility index (Phi) is 4.55. The summed E-state index contributed by atoms with van der Waals surface area (Å²) in [6.07, 6.45) is 5.18. The Labute approximate surface area is 136 Å². The molecule has 0 atom stereocenters. The molecule has 1 aromatic heterocycles. The van der Waals surface area contributed by atoms with E-state index in [2.05, 4.69) is 21.2 Å². The molecule has 0 saturated carbocycles. The maximum atomic E-state index is 11.8. The standard InChI is InChI=1S/C18H21N3O2/c1-3-13(2)18(22)23-15-8-10-21(11-9-15)17-16-7-5-4-6-14(16)12-19-20-17/h3-7,12,15H,8-11H2,1-2H3. The van der Waals surface area contributed by atoms with Crippen LogP contribution in [-0.4, -0.2) is 35.4 Å². The molecule has 0 radical (unpaired) electrons. The predicted octanol–water partition coefficient (Wildman–Crippen LogP) is 3.11. The quantitative estimate of drug-likeness (QED) is 0.644. The zero-order valence-electron chi connectivity index (χ0n) is 13.5. The van der Waals surface area contributed by atoms with Crippen LogP contribution in [0.5, 0.6) is 0 Å². The molecule has 2 heterocycles. The molecule has 1 aliphatic heterocycles. The van der Waals surface area contributed by atoms with Crippen LogP contribution in [0.2, 0.25) is 0 Å². The van der Waals surface area contributed by atoms with Gasteiger partial charge in [-0.25, -0.2) is 4.79 Å². The molecule has 23 heavy (non-hydrogen) atoms. The molecular formula is C18H21N3O2. The van der Waals surface area contributed by atoms with Crippen molar-refractivity contribution < 1.29 is 9.53 Å². The van der Waals surface area contributed by atoms with Crippen LogP contribution in [-0.2, 0) is 9.53 Å². The second kappa shape index (κ2) is 6.77. The molecule has 0 aliphatic carbocycles. The molecule has 3 rings (SSSR count). The van der Waals surface area contributed by atoms with Gasteiger partial charge in [-0.2, -0.15) is 5.10 Å². The summed E-state index contributed by atoms with van der Waals surface area (Å²) in [5, 5.41) is 10.6. The monoisotopic (exact) mass is 311 g/mol. The molecule has 0 amide bonds. The van der Waals surface area contributed by atoms with Crippen molar-refractivity contribution in [1.29, 1.82) is 0 Å². The molecule has 1 fully saturated rings. The van der Waals surface area contributed by atoms with E-state index in [1.165, 1.54) is 0 Å². The van der Waals surface area contributed by atoms with Gasteiger partial charge >= 0.3 is 5.97 Å².